The van der Waals surface area contributed by atoms with E-state index in [0.29, 0.717) is 17.4 Å². The summed E-state index contributed by atoms with van der Waals surface area (Å²) in [7, 11) is -3.18. The number of aromatic nitrogens is 1. The van der Waals surface area contributed by atoms with E-state index in [1.807, 2.05) is 29.6 Å². The molecule has 0 fully saturated rings. The lowest BCUT2D eigenvalue weighted by atomic mass is 10.1. The molecular weight excluding hydrogens is 330 g/mol. The summed E-state index contributed by atoms with van der Waals surface area (Å²) in [6.45, 7) is 0.487. The van der Waals surface area contributed by atoms with Crippen molar-refractivity contribution >= 4 is 21.2 Å². The fourth-order valence-electron chi connectivity index (χ4n) is 2.10. The van der Waals surface area contributed by atoms with Crippen molar-refractivity contribution in [3.63, 3.8) is 0 Å². The molecule has 0 spiro atoms. The van der Waals surface area contributed by atoms with Crippen molar-refractivity contribution in [3.05, 3.63) is 65.0 Å². The zero-order valence-corrected chi connectivity index (χ0v) is 14.1. The van der Waals surface area contributed by atoms with E-state index in [1.165, 1.54) is 6.26 Å². The van der Waals surface area contributed by atoms with Crippen LogP contribution in [0.2, 0.25) is 0 Å². The van der Waals surface area contributed by atoms with Gasteiger partial charge in [-0.1, -0.05) is 18.2 Å². The third-order valence-corrected chi connectivity index (χ3v) is 5.27. The van der Waals surface area contributed by atoms with Gasteiger partial charge in [-0.2, -0.15) is 0 Å². The highest BCUT2D eigenvalue weighted by molar-refractivity contribution is 7.90. The van der Waals surface area contributed by atoms with E-state index in [-0.39, 0.29) is 0 Å². The average Bonchev–Trinajstić information content (AvgIpc) is 3.06. The van der Waals surface area contributed by atoms with Crippen LogP contribution in [-0.4, -0.2) is 19.7 Å². The van der Waals surface area contributed by atoms with E-state index >= 15 is 0 Å². The molecule has 0 N–H and O–H groups in total. The normalized spacial score (nSPS) is 11.3. The van der Waals surface area contributed by atoms with Gasteiger partial charge in [0.2, 0.25) is 5.88 Å². The predicted octanol–water partition coefficient (Wildman–Crippen LogP) is 3.79. The zero-order chi connectivity index (χ0) is 16.3. The Labute approximate surface area is 139 Å². The second-order valence-electron chi connectivity index (χ2n) is 5.05. The molecule has 0 amide bonds. The summed E-state index contributed by atoms with van der Waals surface area (Å²) in [6, 6.07) is 14.5. The van der Waals surface area contributed by atoms with Crippen LogP contribution in [0.4, 0.5) is 0 Å². The number of hydrogen-bond acceptors (Lipinski definition) is 5. The van der Waals surface area contributed by atoms with Crippen molar-refractivity contribution in [2.24, 2.45) is 0 Å². The summed E-state index contributed by atoms with van der Waals surface area (Å²) in [5.41, 5.74) is 1.85. The maximum atomic E-state index is 11.5. The molecule has 3 aromatic rings. The summed E-state index contributed by atoms with van der Waals surface area (Å²) in [6.07, 6.45) is 2.88. The lowest BCUT2D eigenvalue weighted by Gasteiger charge is -2.07. The van der Waals surface area contributed by atoms with E-state index in [2.05, 4.69) is 4.98 Å². The van der Waals surface area contributed by atoms with Crippen molar-refractivity contribution in [2.75, 3.05) is 6.26 Å². The van der Waals surface area contributed by atoms with E-state index in [1.54, 1.807) is 41.8 Å². The van der Waals surface area contributed by atoms with Crippen molar-refractivity contribution in [1.29, 1.82) is 0 Å². The van der Waals surface area contributed by atoms with Gasteiger partial charge in [0.25, 0.3) is 0 Å². The first-order valence-electron chi connectivity index (χ1n) is 6.94. The summed E-state index contributed by atoms with van der Waals surface area (Å²) in [5, 5.41) is 2.01. The minimum atomic E-state index is -3.18. The zero-order valence-electron chi connectivity index (χ0n) is 12.5. The molecule has 0 aliphatic rings. The van der Waals surface area contributed by atoms with Crippen LogP contribution in [0.15, 0.2) is 65.0 Å². The number of rotatable bonds is 5. The number of sulfone groups is 1. The molecule has 2 aromatic heterocycles. The quantitative estimate of drug-likeness (QED) is 0.706. The van der Waals surface area contributed by atoms with Gasteiger partial charge in [0.15, 0.2) is 9.84 Å². The molecule has 0 saturated heterocycles. The lowest BCUT2D eigenvalue weighted by Crippen LogP contribution is -1.97. The number of thiophene rings is 1. The van der Waals surface area contributed by atoms with Crippen LogP contribution in [0.5, 0.6) is 5.88 Å². The molecule has 4 nitrogen and oxygen atoms in total. The molecule has 0 bridgehead atoms. The van der Waals surface area contributed by atoms with E-state index in [4.69, 9.17) is 4.74 Å². The third-order valence-electron chi connectivity index (χ3n) is 3.29. The van der Waals surface area contributed by atoms with Crippen LogP contribution >= 0.6 is 11.3 Å². The van der Waals surface area contributed by atoms with Crippen LogP contribution in [0.25, 0.3) is 11.1 Å². The summed E-state index contributed by atoms with van der Waals surface area (Å²) in [5.74, 6) is 0.545. The fraction of sp³-hybridized carbons (Fsp3) is 0.118. The smallest absolute Gasteiger partial charge is 0.214 e. The summed E-state index contributed by atoms with van der Waals surface area (Å²) >= 11 is 1.64. The topological polar surface area (TPSA) is 56.3 Å². The first-order chi connectivity index (χ1) is 11.0. The number of benzene rings is 1. The first kappa shape index (κ1) is 15.7. The third kappa shape index (κ3) is 3.97. The fourth-order valence-corrected chi connectivity index (χ4v) is 3.35. The van der Waals surface area contributed by atoms with Crippen LogP contribution in [0, 0.1) is 0 Å². The van der Waals surface area contributed by atoms with Gasteiger partial charge in [-0.3, -0.25) is 0 Å². The molecule has 0 aliphatic heterocycles. The SMILES string of the molecule is CS(=O)(=O)c1ccc(-c2ccnc(OCc3cccs3)c2)cc1. The molecule has 2 heterocycles. The molecule has 0 radical (unpaired) electrons. The Morgan fingerprint density at radius 3 is 2.52 bits per heavy atom. The van der Waals surface area contributed by atoms with Gasteiger partial charge in [0, 0.05) is 23.4 Å². The maximum Gasteiger partial charge on any atom is 0.214 e. The highest BCUT2D eigenvalue weighted by Gasteiger charge is 2.07. The molecule has 0 atom stereocenters. The minimum Gasteiger partial charge on any atom is -0.472 e. The van der Waals surface area contributed by atoms with Gasteiger partial charge in [-0.25, -0.2) is 13.4 Å². The number of pyridine rings is 1. The van der Waals surface area contributed by atoms with Crippen molar-refractivity contribution in [3.8, 4) is 17.0 Å². The summed E-state index contributed by atoms with van der Waals surface area (Å²) < 4.78 is 28.7. The Morgan fingerprint density at radius 2 is 1.87 bits per heavy atom. The number of hydrogen-bond donors (Lipinski definition) is 0. The van der Waals surface area contributed by atoms with Crippen LogP contribution in [0.3, 0.4) is 0 Å². The monoisotopic (exact) mass is 345 g/mol. The Morgan fingerprint density at radius 1 is 1.09 bits per heavy atom. The van der Waals surface area contributed by atoms with Gasteiger partial charge in [0.05, 0.1) is 4.90 Å². The highest BCUT2D eigenvalue weighted by atomic mass is 32.2. The summed E-state index contributed by atoms with van der Waals surface area (Å²) in [4.78, 5) is 5.65. The first-order valence-corrected chi connectivity index (χ1v) is 9.71. The molecule has 0 saturated carbocycles. The van der Waals surface area contributed by atoms with Gasteiger partial charge in [-0.05, 0) is 40.8 Å². The second-order valence-corrected chi connectivity index (χ2v) is 8.10. The standard InChI is InChI=1S/C17H15NO3S2/c1-23(19,20)16-6-4-13(5-7-16)14-8-9-18-17(11-14)21-12-15-3-2-10-22-15/h2-11H,12H2,1H3. The Hall–Kier alpha value is -2.18. The van der Waals surface area contributed by atoms with Crippen LogP contribution in [-0.2, 0) is 16.4 Å². The van der Waals surface area contributed by atoms with Crippen molar-refractivity contribution in [1.82, 2.24) is 4.98 Å². The van der Waals surface area contributed by atoms with Crippen molar-refractivity contribution < 1.29 is 13.2 Å². The van der Waals surface area contributed by atoms with Gasteiger partial charge in [-0.15, -0.1) is 11.3 Å². The maximum absolute atomic E-state index is 11.5. The second kappa shape index (κ2) is 6.52. The van der Waals surface area contributed by atoms with E-state index in [9.17, 15) is 8.42 Å². The highest BCUT2D eigenvalue weighted by Crippen LogP contribution is 2.24. The molecule has 23 heavy (non-hydrogen) atoms. The molecule has 3 rings (SSSR count). The Balaban J connectivity index is 1.79. The number of nitrogens with zero attached hydrogens (tertiary/aromatic N) is 1. The predicted molar refractivity (Wildman–Crippen MR) is 91.4 cm³/mol. The molecule has 0 aliphatic carbocycles. The molecule has 1 aromatic carbocycles. The van der Waals surface area contributed by atoms with Crippen LogP contribution < -0.4 is 4.74 Å². The van der Waals surface area contributed by atoms with Gasteiger partial charge in [0.1, 0.15) is 6.61 Å². The lowest BCUT2D eigenvalue weighted by molar-refractivity contribution is 0.297. The van der Waals surface area contributed by atoms with E-state index in [0.717, 1.165) is 16.0 Å². The Bertz CT molecular complexity index is 886. The average molecular weight is 345 g/mol. The van der Waals surface area contributed by atoms with Gasteiger partial charge >= 0.3 is 0 Å². The van der Waals surface area contributed by atoms with Crippen LogP contribution in [0.1, 0.15) is 4.88 Å². The molecule has 0 unspecified atom stereocenters. The Kier molecular flexibility index (Phi) is 4.45. The molecule has 6 heteroatoms. The van der Waals surface area contributed by atoms with Gasteiger partial charge < -0.3 is 4.74 Å². The molecule has 118 valence electrons. The van der Waals surface area contributed by atoms with E-state index < -0.39 is 9.84 Å². The van der Waals surface area contributed by atoms with Crippen molar-refractivity contribution in [2.45, 2.75) is 11.5 Å². The number of ether oxygens (including phenoxy) is 1. The minimum absolute atomic E-state index is 0.310. The molecular formula is C17H15NO3S2. The largest absolute Gasteiger partial charge is 0.472 e.